The minimum absolute atomic E-state index is 0.153. The molecule has 0 amide bonds. The smallest absolute Gasteiger partial charge is 0.154 e. The predicted molar refractivity (Wildman–Crippen MR) is 68.0 cm³/mol. The molecule has 1 aliphatic rings. The minimum atomic E-state index is 0.153. The Labute approximate surface area is 104 Å². The fourth-order valence-corrected chi connectivity index (χ4v) is 4.28. The number of carbonyl (C=O) groups excluding carboxylic acids is 1. The van der Waals surface area contributed by atoms with Crippen LogP contribution in [-0.2, 0) is 17.8 Å². The summed E-state index contributed by atoms with van der Waals surface area (Å²) < 4.78 is 1.79. The summed E-state index contributed by atoms with van der Waals surface area (Å²) in [5.74, 6) is 4.29. The van der Waals surface area contributed by atoms with Crippen LogP contribution in [-0.4, -0.2) is 43.1 Å². The topological polar surface area (TPSA) is 47.8 Å². The number of ketones is 1. The quantitative estimate of drug-likeness (QED) is 0.812. The summed E-state index contributed by atoms with van der Waals surface area (Å²) in [5.41, 5.74) is 0. The number of hydrogen-bond donors (Lipinski definition) is 0. The van der Waals surface area contributed by atoms with Gasteiger partial charge in [0.05, 0.1) is 11.7 Å². The van der Waals surface area contributed by atoms with Gasteiger partial charge >= 0.3 is 0 Å². The van der Waals surface area contributed by atoms with Crippen LogP contribution in [0.1, 0.15) is 12.7 Å². The van der Waals surface area contributed by atoms with Crippen molar-refractivity contribution >= 4 is 29.3 Å². The molecule has 1 aromatic heterocycles. The Balaban J connectivity index is 1.95. The highest BCUT2D eigenvalue weighted by molar-refractivity contribution is 8.07. The van der Waals surface area contributed by atoms with Crippen LogP contribution in [0.3, 0.4) is 0 Å². The monoisotopic (exact) mass is 257 g/mol. The van der Waals surface area contributed by atoms with Gasteiger partial charge in [0.2, 0.25) is 0 Å². The highest BCUT2D eigenvalue weighted by atomic mass is 32.2. The van der Waals surface area contributed by atoms with Gasteiger partial charge in [-0.05, 0) is 6.92 Å². The van der Waals surface area contributed by atoms with E-state index >= 15 is 0 Å². The number of hydrogen-bond acceptors (Lipinski definition) is 5. The second-order valence-electron chi connectivity index (χ2n) is 3.57. The molecule has 16 heavy (non-hydrogen) atoms. The lowest BCUT2D eigenvalue weighted by atomic mass is 10.2. The zero-order valence-electron chi connectivity index (χ0n) is 9.26. The molecule has 2 heterocycles. The van der Waals surface area contributed by atoms with Crippen molar-refractivity contribution in [1.29, 1.82) is 0 Å². The van der Waals surface area contributed by atoms with Crippen molar-refractivity contribution in [2.24, 2.45) is 0 Å². The zero-order chi connectivity index (χ0) is 11.4. The molecule has 0 radical (unpaired) electrons. The van der Waals surface area contributed by atoms with E-state index in [0.717, 1.165) is 23.9 Å². The molecule has 1 aliphatic heterocycles. The summed E-state index contributed by atoms with van der Waals surface area (Å²) in [5, 5.41) is 4.23. The Kier molecular flexibility index (Phi) is 4.29. The molecule has 6 heteroatoms. The standard InChI is InChI=1S/C10H15N3OS2/c1-2-13-10(11-7-12-13)5-8(14)9-6-15-3-4-16-9/h7,9H,2-6H2,1H3. The van der Waals surface area contributed by atoms with E-state index in [1.807, 2.05) is 18.7 Å². The molecule has 2 rings (SSSR count). The molecule has 0 aliphatic carbocycles. The fraction of sp³-hybridized carbons (Fsp3) is 0.700. The summed E-state index contributed by atoms with van der Waals surface area (Å²) in [6.45, 7) is 2.78. The van der Waals surface area contributed by atoms with Crippen molar-refractivity contribution in [3.63, 3.8) is 0 Å². The van der Waals surface area contributed by atoms with Crippen molar-refractivity contribution in [3.8, 4) is 0 Å². The minimum Gasteiger partial charge on any atom is -0.298 e. The summed E-state index contributed by atoms with van der Waals surface area (Å²) in [6, 6.07) is 0. The van der Waals surface area contributed by atoms with Gasteiger partial charge in [0.25, 0.3) is 0 Å². The maximum Gasteiger partial charge on any atom is 0.154 e. The molecule has 0 spiro atoms. The van der Waals surface area contributed by atoms with Gasteiger partial charge in [0.15, 0.2) is 5.78 Å². The summed E-state index contributed by atoms with van der Waals surface area (Å²) in [4.78, 5) is 16.2. The summed E-state index contributed by atoms with van der Waals surface area (Å²) in [6.07, 6.45) is 1.95. The molecular weight excluding hydrogens is 242 g/mol. The third-order valence-corrected chi connectivity index (χ3v) is 5.31. The first-order valence-corrected chi connectivity index (χ1v) is 7.60. The Morgan fingerprint density at radius 1 is 1.62 bits per heavy atom. The molecule has 1 atom stereocenters. The van der Waals surface area contributed by atoms with Crippen LogP contribution in [0.15, 0.2) is 6.33 Å². The highest BCUT2D eigenvalue weighted by Crippen LogP contribution is 2.25. The van der Waals surface area contributed by atoms with E-state index < -0.39 is 0 Å². The van der Waals surface area contributed by atoms with Gasteiger partial charge in [-0.2, -0.15) is 16.9 Å². The first kappa shape index (κ1) is 12.0. The number of rotatable bonds is 4. The molecule has 4 nitrogen and oxygen atoms in total. The van der Waals surface area contributed by atoms with Crippen molar-refractivity contribution in [2.45, 2.75) is 25.1 Å². The molecular formula is C10H15N3OS2. The number of nitrogens with zero attached hydrogens (tertiary/aromatic N) is 3. The van der Waals surface area contributed by atoms with Crippen LogP contribution in [0.2, 0.25) is 0 Å². The third-order valence-electron chi connectivity index (χ3n) is 2.50. The Morgan fingerprint density at radius 2 is 2.50 bits per heavy atom. The summed E-state index contributed by atoms with van der Waals surface area (Å²) in [7, 11) is 0. The van der Waals surface area contributed by atoms with Crippen molar-refractivity contribution < 1.29 is 4.79 Å². The average Bonchev–Trinajstić information content (AvgIpc) is 2.77. The van der Waals surface area contributed by atoms with Crippen LogP contribution in [0, 0.1) is 0 Å². The third kappa shape index (κ3) is 2.79. The van der Waals surface area contributed by atoms with Crippen LogP contribution in [0.25, 0.3) is 0 Å². The van der Waals surface area contributed by atoms with Gasteiger partial charge in [0, 0.05) is 23.8 Å². The van der Waals surface area contributed by atoms with E-state index in [2.05, 4.69) is 10.1 Å². The van der Waals surface area contributed by atoms with E-state index in [4.69, 9.17) is 0 Å². The molecule has 88 valence electrons. The van der Waals surface area contributed by atoms with Crippen molar-refractivity contribution in [1.82, 2.24) is 14.8 Å². The van der Waals surface area contributed by atoms with E-state index in [0.29, 0.717) is 12.2 Å². The fourth-order valence-electron chi connectivity index (χ4n) is 1.63. The molecule has 0 bridgehead atoms. The number of aryl methyl sites for hydroxylation is 1. The number of aromatic nitrogens is 3. The molecule has 1 saturated heterocycles. The number of carbonyl (C=O) groups is 1. The largest absolute Gasteiger partial charge is 0.298 e. The van der Waals surface area contributed by atoms with Crippen LogP contribution in [0.4, 0.5) is 0 Å². The Hall–Kier alpha value is -0.490. The number of Topliss-reactive ketones (excluding diaryl/α,β-unsaturated/α-hetero) is 1. The van der Waals surface area contributed by atoms with E-state index in [1.165, 1.54) is 12.1 Å². The molecule has 0 aromatic carbocycles. The zero-order valence-corrected chi connectivity index (χ0v) is 10.9. The van der Waals surface area contributed by atoms with Gasteiger partial charge in [-0.15, -0.1) is 11.8 Å². The first-order chi connectivity index (χ1) is 7.81. The van der Waals surface area contributed by atoms with Crippen LogP contribution >= 0.6 is 23.5 Å². The van der Waals surface area contributed by atoms with Gasteiger partial charge in [-0.1, -0.05) is 0 Å². The maximum atomic E-state index is 12.0. The van der Waals surface area contributed by atoms with Crippen LogP contribution < -0.4 is 0 Å². The van der Waals surface area contributed by atoms with Crippen LogP contribution in [0.5, 0.6) is 0 Å². The van der Waals surface area contributed by atoms with Crippen molar-refractivity contribution in [2.75, 3.05) is 17.3 Å². The lowest BCUT2D eigenvalue weighted by Crippen LogP contribution is -2.26. The normalized spacial score (nSPS) is 20.9. The Morgan fingerprint density at radius 3 is 3.19 bits per heavy atom. The van der Waals surface area contributed by atoms with E-state index in [1.54, 1.807) is 16.4 Å². The van der Waals surface area contributed by atoms with E-state index in [9.17, 15) is 4.79 Å². The molecule has 1 aromatic rings. The van der Waals surface area contributed by atoms with Gasteiger partial charge in [-0.3, -0.25) is 4.79 Å². The average molecular weight is 257 g/mol. The SMILES string of the molecule is CCn1ncnc1CC(=O)C1CSCCS1. The molecule has 0 saturated carbocycles. The first-order valence-electron chi connectivity index (χ1n) is 5.40. The molecule has 0 N–H and O–H groups in total. The second kappa shape index (κ2) is 5.72. The van der Waals surface area contributed by atoms with E-state index in [-0.39, 0.29) is 5.25 Å². The van der Waals surface area contributed by atoms with Crippen molar-refractivity contribution in [3.05, 3.63) is 12.2 Å². The highest BCUT2D eigenvalue weighted by Gasteiger charge is 2.23. The lowest BCUT2D eigenvalue weighted by Gasteiger charge is -2.19. The van der Waals surface area contributed by atoms with Gasteiger partial charge in [0.1, 0.15) is 12.2 Å². The summed E-state index contributed by atoms with van der Waals surface area (Å²) >= 11 is 3.65. The molecule has 1 unspecified atom stereocenters. The predicted octanol–water partition coefficient (Wildman–Crippen LogP) is 1.26. The second-order valence-corrected chi connectivity index (χ2v) is 6.03. The molecule has 1 fully saturated rings. The van der Waals surface area contributed by atoms with Gasteiger partial charge < -0.3 is 0 Å². The maximum absolute atomic E-state index is 12.0. The Bertz CT molecular complexity index is 361. The lowest BCUT2D eigenvalue weighted by molar-refractivity contribution is -0.117. The van der Waals surface area contributed by atoms with Gasteiger partial charge in [-0.25, -0.2) is 9.67 Å². The number of thioether (sulfide) groups is 2.